The van der Waals surface area contributed by atoms with Gasteiger partial charge in [0.2, 0.25) is 0 Å². The number of methoxy groups -OCH3 is 1. The molecular formula is C18H27FN6O. The van der Waals surface area contributed by atoms with Gasteiger partial charge in [0.15, 0.2) is 5.82 Å². The Morgan fingerprint density at radius 3 is 2.42 bits per heavy atom. The topological polar surface area (TPSA) is 59.3 Å². The maximum atomic E-state index is 13.1. The molecule has 0 spiro atoms. The highest BCUT2D eigenvalue weighted by atomic mass is 19.1. The molecule has 1 saturated heterocycles. The van der Waals surface area contributed by atoms with Crippen LogP contribution in [0.4, 0.5) is 10.1 Å². The Morgan fingerprint density at radius 2 is 1.81 bits per heavy atom. The van der Waals surface area contributed by atoms with Gasteiger partial charge in [-0.15, -0.1) is 5.10 Å². The summed E-state index contributed by atoms with van der Waals surface area (Å²) in [6.45, 7) is 9.26. The quantitative estimate of drug-likeness (QED) is 0.751. The van der Waals surface area contributed by atoms with Gasteiger partial charge in [-0.1, -0.05) is 13.8 Å². The first-order chi connectivity index (χ1) is 12.6. The number of hydrogen-bond donors (Lipinski definition) is 0. The summed E-state index contributed by atoms with van der Waals surface area (Å²) in [6.07, 6.45) is 0. The molecule has 1 aromatic carbocycles. The van der Waals surface area contributed by atoms with Gasteiger partial charge < -0.3 is 9.64 Å². The number of piperazine rings is 1. The molecule has 142 valence electrons. The molecule has 0 amide bonds. The number of ether oxygens (including phenoxy) is 1. The highest BCUT2D eigenvalue weighted by molar-refractivity contribution is 5.46. The molecule has 0 N–H and O–H groups in total. The van der Waals surface area contributed by atoms with Crippen molar-refractivity contribution in [2.24, 2.45) is 5.92 Å². The van der Waals surface area contributed by atoms with Gasteiger partial charge in [0.05, 0.1) is 19.2 Å². The van der Waals surface area contributed by atoms with Crippen LogP contribution in [0.1, 0.15) is 25.7 Å². The second-order valence-electron chi connectivity index (χ2n) is 6.94. The summed E-state index contributed by atoms with van der Waals surface area (Å²) < 4.78 is 20.1. The van der Waals surface area contributed by atoms with Gasteiger partial charge in [-0.05, 0) is 40.6 Å². The minimum atomic E-state index is -0.199. The Kier molecular flexibility index (Phi) is 6.16. The molecule has 0 unspecified atom stereocenters. The molecule has 3 rings (SSSR count). The number of nitrogens with zero attached hydrogens (tertiary/aromatic N) is 6. The van der Waals surface area contributed by atoms with Crippen LogP contribution in [0.5, 0.6) is 0 Å². The summed E-state index contributed by atoms with van der Waals surface area (Å²) in [5.41, 5.74) is 1.07. The number of benzene rings is 1. The maximum Gasteiger partial charge on any atom is 0.168 e. The molecule has 1 atom stereocenters. The molecule has 0 radical (unpaired) electrons. The van der Waals surface area contributed by atoms with E-state index in [-0.39, 0.29) is 11.9 Å². The van der Waals surface area contributed by atoms with Gasteiger partial charge >= 0.3 is 0 Å². The fourth-order valence-electron chi connectivity index (χ4n) is 3.55. The number of aromatic nitrogens is 4. The van der Waals surface area contributed by atoms with E-state index in [2.05, 4.69) is 39.2 Å². The fraction of sp³-hybridized carbons (Fsp3) is 0.611. The normalized spacial score (nSPS) is 17.0. The predicted molar refractivity (Wildman–Crippen MR) is 97.5 cm³/mol. The van der Waals surface area contributed by atoms with Gasteiger partial charge in [0, 0.05) is 39.0 Å². The minimum absolute atomic E-state index is 0.164. The van der Waals surface area contributed by atoms with Gasteiger partial charge in [-0.2, -0.15) is 0 Å². The van der Waals surface area contributed by atoms with Crippen molar-refractivity contribution in [3.05, 3.63) is 35.9 Å². The molecule has 7 nitrogen and oxygen atoms in total. The number of halogens is 1. The van der Waals surface area contributed by atoms with E-state index in [1.54, 1.807) is 7.11 Å². The summed E-state index contributed by atoms with van der Waals surface area (Å²) in [4.78, 5) is 4.74. The van der Waals surface area contributed by atoms with Gasteiger partial charge in [-0.3, -0.25) is 4.90 Å². The first-order valence-corrected chi connectivity index (χ1v) is 9.09. The van der Waals surface area contributed by atoms with Crippen molar-refractivity contribution in [3.63, 3.8) is 0 Å². The summed E-state index contributed by atoms with van der Waals surface area (Å²) in [5, 5.41) is 12.3. The van der Waals surface area contributed by atoms with Crippen LogP contribution in [0.2, 0.25) is 0 Å². The summed E-state index contributed by atoms with van der Waals surface area (Å²) >= 11 is 0. The van der Waals surface area contributed by atoms with E-state index in [9.17, 15) is 4.39 Å². The molecular weight excluding hydrogens is 335 g/mol. The van der Waals surface area contributed by atoms with Crippen molar-refractivity contribution in [1.29, 1.82) is 0 Å². The second kappa shape index (κ2) is 8.55. The molecule has 26 heavy (non-hydrogen) atoms. The first-order valence-electron chi connectivity index (χ1n) is 9.09. The van der Waals surface area contributed by atoms with Crippen molar-refractivity contribution in [1.82, 2.24) is 25.1 Å². The highest BCUT2D eigenvalue weighted by Gasteiger charge is 2.31. The third-order valence-corrected chi connectivity index (χ3v) is 4.86. The molecule has 8 heteroatoms. The van der Waals surface area contributed by atoms with Crippen molar-refractivity contribution in [2.75, 3.05) is 44.8 Å². The van der Waals surface area contributed by atoms with Crippen LogP contribution < -0.4 is 4.90 Å². The van der Waals surface area contributed by atoms with E-state index in [4.69, 9.17) is 4.74 Å². The molecule has 1 aliphatic rings. The van der Waals surface area contributed by atoms with Crippen LogP contribution in [0, 0.1) is 11.7 Å². The molecule has 0 saturated carbocycles. The zero-order valence-electron chi connectivity index (χ0n) is 15.7. The largest absolute Gasteiger partial charge is 0.383 e. The van der Waals surface area contributed by atoms with E-state index in [0.29, 0.717) is 19.1 Å². The van der Waals surface area contributed by atoms with E-state index < -0.39 is 0 Å². The Morgan fingerprint density at radius 1 is 1.12 bits per heavy atom. The average molecular weight is 362 g/mol. The van der Waals surface area contributed by atoms with Gasteiger partial charge in [0.1, 0.15) is 5.82 Å². The van der Waals surface area contributed by atoms with E-state index in [1.807, 2.05) is 16.8 Å². The smallest absolute Gasteiger partial charge is 0.168 e. The first kappa shape index (κ1) is 18.7. The van der Waals surface area contributed by atoms with Crippen LogP contribution in [0.25, 0.3) is 0 Å². The average Bonchev–Trinajstić information content (AvgIpc) is 3.09. The van der Waals surface area contributed by atoms with Gasteiger partial charge in [0.25, 0.3) is 0 Å². The van der Waals surface area contributed by atoms with Crippen LogP contribution in [0.15, 0.2) is 24.3 Å². The van der Waals surface area contributed by atoms with E-state index in [1.165, 1.54) is 12.1 Å². The van der Waals surface area contributed by atoms with Crippen molar-refractivity contribution in [3.8, 4) is 0 Å². The Hall–Kier alpha value is -2.06. The number of anilines is 1. The third kappa shape index (κ3) is 4.19. The predicted octanol–water partition coefficient (Wildman–Crippen LogP) is 1.98. The Labute approximate surface area is 153 Å². The van der Waals surface area contributed by atoms with Crippen LogP contribution in [-0.2, 0) is 11.3 Å². The lowest BCUT2D eigenvalue weighted by Crippen LogP contribution is -2.49. The summed E-state index contributed by atoms with van der Waals surface area (Å²) in [5.74, 6) is 1.09. The third-order valence-electron chi connectivity index (χ3n) is 4.86. The minimum Gasteiger partial charge on any atom is -0.383 e. The van der Waals surface area contributed by atoms with Crippen molar-refractivity contribution < 1.29 is 9.13 Å². The summed E-state index contributed by atoms with van der Waals surface area (Å²) in [7, 11) is 1.68. The lowest BCUT2D eigenvalue weighted by molar-refractivity contribution is 0.129. The van der Waals surface area contributed by atoms with Crippen molar-refractivity contribution in [2.45, 2.75) is 26.4 Å². The van der Waals surface area contributed by atoms with E-state index >= 15 is 0 Å². The Balaban J connectivity index is 1.69. The second-order valence-corrected chi connectivity index (χ2v) is 6.94. The van der Waals surface area contributed by atoms with Crippen LogP contribution >= 0.6 is 0 Å². The molecule has 2 aromatic rings. The SMILES string of the molecule is COCCn1nnnc1[C@H](C(C)C)N1CCN(c2ccc(F)cc2)CC1. The lowest BCUT2D eigenvalue weighted by atomic mass is 10.0. The fourth-order valence-corrected chi connectivity index (χ4v) is 3.55. The molecule has 2 heterocycles. The molecule has 1 aromatic heterocycles. The molecule has 1 aliphatic heterocycles. The number of tetrazole rings is 1. The maximum absolute atomic E-state index is 13.1. The standard InChI is InChI=1S/C18H27FN6O/c1-14(2)17(18-20-21-22-25(18)12-13-26-3)24-10-8-23(9-11-24)16-6-4-15(19)5-7-16/h4-7,14,17H,8-13H2,1-3H3/t17-/m0/s1. The van der Waals surface area contributed by atoms with E-state index in [0.717, 1.165) is 37.7 Å². The summed E-state index contributed by atoms with van der Waals surface area (Å²) in [6, 6.07) is 6.88. The number of hydrogen-bond acceptors (Lipinski definition) is 6. The van der Waals surface area contributed by atoms with Gasteiger partial charge in [-0.25, -0.2) is 9.07 Å². The van der Waals surface area contributed by atoms with Crippen molar-refractivity contribution >= 4 is 5.69 Å². The van der Waals surface area contributed by atoms with Crippen LogP contribution in [-0.4, -0.2) is 65.0 Å². The highest BCUT2D eigenvalue weighted by Crippen LogP contribution is 2.28. The monoisotopic (exact) mass is 362 g/mol. The molecule has 0 bridgehead atoms. The number of rotatable bonds is 7. The zero-order valence-corrected chi connectivity index (χ0v) is 15.7. The Bertz CT molecular complexity index is 681. The lowest BCUT2D eigenvalue weighted by Gasteiger charge is -2.41. The molecule has 1 fully saturated rings. The zero-order chi connectivity index (χ0) is 18.5. The molecule has 0 aliphatic carbocycles. The van der Waals surface area contributed by atoms with Crippen LogP contribution in [0.3, 0.4) is 0 Å².